The van der Waals surface area contributed by atoms with E-state index in [-0.39, 0.29) is 0 Å². The molecule has 0 spiro atoms. The molecule has 0 bridgehead atoms. The normalized spacial score (nSPS) is 19.1. The van der Waals surface area contributed by atoms with Crippen LogP contribution >= 0.6 is 0 Å². The van der Waals surface area contributed by atoms with Gasteiger partial charge in [0.2, 0.25) is 0 Å². The molecule has 1 heteroatoms. The van der Waals surface area contributed by atoms with Crippen molar-refractivity contribution in [2.75, 3.05) is 0 Å². The van der Waals surface area contributed by atoms with Gasteiger partial charge in [-0.2, -0.15) is 0 Å². The van der Waals surface area contributed by atoms with Gasteiger partial charge in [0.15, 0.2) is 0 Å². The molecule has 0 aromatic carbocycles. The first kappa shape index (κ1) is 14.9. The maximum absolute atomic E-state index is 2.51. The van der Waals surface area contributed by atoms with Crippen molar-refractivity contribution in [2.24, 2.45) is 0 Å². The van der Waals surface area contributed by atoms with E-state index in [1.165, 1.54) is 36.2 Å². The molecule has 0 saturated carbocycles. The third-order valence-electron chi connectivity index (χ3n) is 4.82. The molecule has 0 radical (unpaired) electrons. The summed E-state index contributed by atoms with van der Waals surface area (Å²) in [5.74, 6) is 0. The fourth-order valence-electron chi connectivity index (χ4n) is 3.66. The fourth-order valence-corrected chi connectivity index (χ4v) is 16.3. The van der Waals surface area contributed by atoms with Crippen LogP contribution in [0.3, 0.4) is 0 Å². The Morgan fingerprint density at radius 1 is 0.684 bits per heavy atom. The maximum atomic E-state index is 2.51. The van der Waals surface area contributed by atoms with E-state index >= 15 is 0 Å². The van der Waals surface area contributed by atoms with Crippen LogP contribution in [0.2, 0.25) is 20.0 Å². The Balaban J connectivity index is 2.25. The van der Waals surface area contributed by atoms with E-state index in [2.05, 4.69) is 62.5 Å². The van der Waals surface area contributed by atoms with Gasteiger partial charge < -0.3 is 0 Å². The molecular weight excluding hydrogens is 289 g/mol. The van der Waals surface area contributed by atoms with E-state index in [9.17, 15) is 0 Å². The molecule has 0 aromatic rings. The summed E-state index contributed by atoms with van der Waals surface area (Å²) >= 11 is -1.93. The van der Waals surface area contributed by atoms with Crippen LogP contribution in [0.4, 0.5) is 0 Å². The van der Waals surface area contributed by atoms with Gasteiger partial charge >= 0.3 is 121 Å². The van der Waals surface area contributed by atoms with E-state index in [0.717, 1.165) is 9.50 Å². The summed E-state index contributed by atoms with van der Waals surface area (Å²) in [7, 11) is 0. The van der Waals surface area contributed by atoms with Gasteiger partial charge in [0.1, 0.15) is 0 Å². The molecule has 2 rings (SSSR count). The Morgan fingerprint density at radius 3 is 1.37 bits per heavy atom. The summed E-state index contributed by atoms with van der Waals surface area (Å²) in [5, 5.41) is 3.07. The van der Waals surface area contributed by atoms with Crippen molar-refractivity contribution in [1.82, 2.24) is 0 Å². The van der Waals surface area contributed by atoms with Crippen LogP contribution in [0, 0.1) is 0 Å². The third-order valence-corrected chi connectivity index (χ3v) is 17.4. The summed E-state index contributed by atoms with van der Waals surface area (Å²) in [6, 6.07) is 0. The van der Waals surface area contributed by atoms with Crippen molar-refractivity contribution in [1.29, 1.82) is 0 Å². The quantitative estimate of drug-likeness (QED) is 0.480. The second-order valence-electron chi connectivity index (χ2n) is 6.03. The van der Waals surface area contributed by atoms with Gasteiger partial charge in [0, 0.05) is 0 Å². The summed E-state index contributed by atoms with van der Waals surface area (Å²) in [6.45, 7) is 4.68. The topological polar surface area (TPSA) is 0 Å². The predicted octanol–water partition coefficient (Wildman–Crippen LogP) is 6.03. The van der Waals surface area contributed by atoms with Gasteiger partial charge in [-0.25, -0.2) is 0 Å². The van der Waals surface area contributed by atoms with Crippen molar-refractivity contribution >= 4 is 13.3 Å². The summed E-state index contributed by atoms with van der Waals surface area (Å²) in [4.78, 5) is 0. The molecular formula is C18H28Ge. The first-order chi connectivity index (χ1) is 9.33. The standard InChI is InChI=1S/C18H28Ge/c1-3-5-15-19(16-6-4-2,17-11-7-8-12-17)18-13-9-10-14-18/h7-14,17-18H,3-6,15-16H2,1-2H3. The second-order valence-corrected chi connectivity index (χ2v) is 16.1. The summed E-state index contributed by atoms with van der Waals surface area (Å²) in [5.41, 5.74) is 0. The Labute approximate surface area is 121 Å². The van der Waals surface area contributed by atoms with Crippen LogP contribution < -0.4 is 0 Å². The van der Waals surface area contributed by atoms with E-state index < -0.39 is 13.3 Å². The molecule has 0 aromatic heterocycles. The van der Waals surface area contributed by atoms with Crippen LogP contribution in [0.1, 0.15) is 39.5 Å². The molecule has 0 N–H and O–H groups in total. The molecule has 0 fully saturated rings. The Morgan fingerprint density at radius 2 is 1.05 bits per heavy atom. The molecule has 0 amide bonds. The molecule has 0 unspecified atom stereocenters. The van der Waals surface area contributed by atoms with Gasteiger partial charge in [0.25, 0.3) is 0 Å². The number of unbranched alkanes of at least 4 members (excludes halogenated alkanes) is 2. The van der Waals surface area contributed by atoms with E-state index in [1.807, 2.05) is 0 Å². The number of hydrogen-bond acceptors (Lipinski definition) is 0. The molecule has 19 heavy (non-hydrogen) atoms. The zero-order chi connectivity index (χ0) is 13.6. The molecule has 2 aliphatic rings. The van der Waals surface area contributed by atoms with Crippen LogP contribution in [-0.4, -0.2) is 13.3 Å². The van der Waals surface area contributed by atoms with Gasteiger partial charge in [0.05, 0.1) is 0 Å². The minimum absolute atomic E-state index is 0.815. The van der Waals surface area contributed by atoms with E-state index in [1.54, 1.807) is 0 Å². The predicted molar refractivity (Wildman–Crippen MR) is 89.2 cm³/mol. The van der Waals surface area contributed by atoms with Crippen molar-refractivity contribution in [3.63, 3.8) is 0 Å². The first-order valence-electron chi connectivity index (χ1n) is 8.03. The zero-order valence-corrected chi connectivity index (χ0v) is 14.6. The second kappa shape index (κ2) is 7.33. The Kier molecular flexibility index (Phi) is 5.75. The first-order valence-corrected chi connectivity index (χ1v) is 13.4. The molecule has 0 nitrogen and oxygen atoms in total. The van der Waals surface area contributed by atoms with Crippen molar-refractivity contribution < 1.29 is 0 Å². The zero-order valence-electron chi connectivity index (χ0n) is 12.5. The summed E-state index contributed by atoms with van der Waals surface area (Å²) in [6.07, 6.45) is 24.7. The minimum atomic E-state index is -1.93. The van der Waals surface area contributed by atoms with Crippen LogP contribution in [0.15, 0.2) is 48.6 Å². The van der Waals surface area contributed by atoms with Gasteiger partial charge in [-0.1, -0.05) is 0 Å². The van der Waals surface area contributed by atoms with E-state index in [0.29, 0.717) is 0 Å². The molecule has 0 heterocycles. The van der Waals surface area contributed by atoms with Gasteiger partial charge in [-0.05, 0) is 0 Å². The number of rotatable bonds is 8. The van der Waals surface area contributed by atoms with Crippen molar-refractivity contribution in [3.05, 3.63) is 48.6 Å². The van der Waals surface area contributed by atoms with Gasteiger partial charge in [-0.15, -0.1) is 0 Å². The van der Waals surface area contributed by atoms with Gasteiger partial charge in [-0.3, -0.25) is 0 Å². The fraction of sp³-hybridized carbons (Fsp3) is 0.556. The molecule has 104 valence electrons. The average Bonchev–Trinajstić information content (AvgIpc) is 3.12. The Hall–Kier alpha value is -0.497. The molecule has 0 aliphatic heterocycles. The third kappa shape index (κ3) is 3.34. The van der Waals surface area contributed by atoms with Crippen LogP contribution in [0.25, 0.3) is 0 Å². The Bertz CT molecular complexity index is 324. The van der Waals surface area contributed by atoms with Crippen molar-refractivity contribution in [3.8, 4) is 0 Å². The van der Waals surface area contributed by atoms with Crippen LogP contribution in [-0.2, 0) is 0 Å². The van der Waals surface area contributed by atoms with Crippen molar-refractivity contribution in [2.45, 2.75) is 59.5 Å². The SMILES string of the molecule is CCC[CH2][Ge]([CH2]CCC)([CH]1C=CC=C1)[CH]1C=CC=C1. The molecule has 2 aliphatic carbocycles. The average molecular weight is 317 g/mol. The summed E-state index contributed by atoms with van der Waals surface area (Å²) < 4.78 is 1.63. The van der Waals surface area contributed by atoms with E-state index in [4.69, 9.17) is 0 Å². The molecule has 0 atom stereocenters. The molecule has 0 saturated heterocycles. The monoisotopic (exact) mass is 318 g/mol. The number of allylic oxidation sites excluding steroid dienone is 8. The number of hydrogen-bond donors (Lipinski definition) is 0. The van der Waals surface area contributed by atoms with Crippen LogP contribution in [0.5, 0.6) is 0 Å².